The minimum atomic E-state index is -0.765. The Hall–Kier alpha value is -1.71. The Morgan fingerprint density at radius 2 is 1.68 bits per heavy atom. The maximum Gasteiger partial charge on any atom is 0.330 e. The van der Waals surface area contributed by atoms with Crippen LogP contribution in [0.2, 0.25) is 0 Å². The topological polar surface area (TPSA) is 26.3 Å². The van der Waals surface area contributed by atoms with Gasteiger partial charge in [0.25, 0.3) is 0 Å². The van der Waals surface area contributed by atoms with Crippen molar-refractivity contribution < 1.29 is 18.3 Å². The van der Waals surface area contributed by atoms with Crippen LogP contribution in [0.5, 0.6) is 0 Å². The van der Waals surface area contributed by atoms with Gasteiger partial charge in [0.1, 0.15) is 6.10 Å². The smallest absolute Gasteiger partial charge is 0.330 e. The Bertz CT molecular complexity index is 671. The summed E-state index contributed by atoms with van der Waals surface area (Å²) in [5.74, 6) is 0.477. The molecule has 0 saturated heterocycles. The predicted molar refractivity (Wildman–Crippen MR) is 107 cm³/mol. The van der Waals surface area contributed by atoms with Crippen LogP contribution in [0.4, 0.5) is 8.78 Å². The number of rotatable bonds is 6. The summed E-state index contributed by atoms with van der Waals surface area (Å²) in [6.45, 7) is 5.57. The average molecular weight is 391 g/mol. The minimum Gasteiger partial charge on any atom is -0.459 e. The van der Waals surface area contributed by atoms with Crippen LogP contribution in [0.15, 0.2) is 30.9 Å². The first-order chi connectivity index (χ1) is 13.5. The molecule has 0 radical (unpaired) electrons. The van der Waals surface area contributed by atoms with E-state index in [9.17, 15) is 13.6 Å². The summed E-state index contributed by atoms with van der Waals surface area (Å²) in [5.41, 5.74) is 0.941. The molecule has 2 aliphatic rings. The van der Waals surface area contributed by atoms with Gasteiger partial charge in [0.15, 0.2) is 11.6 Å². The normalized spacial score (nSPS) is 29.1. The highest BCUT2D eigenvalue weighted by Crippen LogP contribution is 2.44. The van der Waals surface area contributed by atoms with E-state index in [0.29, 0.717) is 11.8 Å². The number of halogens is 2. The summed E-state index contributed by atoms with van der Waals surface area (Å²) in [6, 6.07) is 4.37. The molecule has 0 amide bonds. The molecule has 0 spiro atoms. The van der Waals surface area contributed by atoms with Crippen molar-refractivity contribution in [3.05, 3.63) is 48.1 Å². The van der Waals surface area contributed by atoms with Crippen LogP contribution in [0, 0.1) is 29.4 Å². The van der Waals surface area contributed by atoms with Gasteiger partial charge in [-0.25, -0.2) is 13.6 Å². The number of carbonyl (C=O) groups is 1. The number of ether oxygens (including phenoxy) is 1. The summed E-state index contributed by atoms with van der Waals surface area (Å²) in [7, 11) is 0. The summed E-state index contributed by atoms with van der Waals surface area (Å²) >= 11 is 0. The van der Waals surface area contributed by atoms with Gasteiger partial charge >= 0.3 is 5.97 Å². The molecule has 2 aliphatic carbocycles. The van der Waals surface area contributed by atoms with Gasteiger partial charge in [-0.1, -0.05) is 19.6 Å². The van der Waals surface area contributed by atoms with Gasteiger partial charge in [-0.3, -0.25) is 0 Å². The van der Waals surface area contributed by atoms with Gasteiger partial charge in [-0.15, -0.1) is 0 Å². The summed E-state index contributed by atoms with van der Waals surface area (Å²) in [6.07, 6.45) is 11.2. The predicted octanol–water partition coefficient (Wildman–Crippen LogP) is 6.55. The van der Waals surface area contributed by atoms with Crippen molar-refractivity contribution in [2.24, 2.45) is 17.8 Å². The first-order valence-corrected chi connectivity index (χ1v) is 10.8. The largest absolute Gasteiger partial charge is 0.459 e. The van der Waals surface area contributed by atoms with Crippen molar-refractivity contribution in [1.29, 1.82) is 0 Å². The highest BCUT2D eigenvalue weighted by Gasteiger charge is 2.34. The van der Waals surface area contributed by atoms with Crippen LogP contribution in [0.25, 0.3) is 0 Å². The molecule has 0 aromatic heterocycles. The second-order valence-corrected chi connectivity index (χ2v) is 8.55. The van der Waals surface area contributed by atoms with Crippen molar-refractivity contribution in [3.63, 3.8) is 0 Å². The minimum absolute atomic E-state index is 0.00978. The van der Waals surface area contributed by atoms with Crippen LogP contribution in [0.1, 0.15) is 76.2 Å². The fourth-order valence-electron chi connectivity index (χ4n) is 5.39. The zero-order valence-corrected chi connectivity index (χ0v) is 16.8. The van der Waals surface area contributed by atoms with E-state index in [0.717, 1.165) is 49.5 Å². The summed E-state index contributed by atoms with van der Waals surface area (Å²) < 4.78 is 32.2. The molecule has 0 heterocycles. The lowest BCUT2D eigenvalue weighted by Gasteiger charge is -2.39. The highest BCUT2D eigenvalue weighted by atomic mass is 19.2. The average Bonchev–Trinajstić information content (AvgIpc) is 2.74. The van der Waals surface area contributed by atoms with E-state index in [1.54, 1.807) is 6.07 Å². The van der Waals surface area contributed by atoms with Crippen LogP contribution in [0.3, 0.4) is 0 Å². The second-order valence-electron chi connectivity index (χ2n) is 8.55. The van der Waals surface area contributed by atoms with E-state index >= 15 is 0 Å². The Morgan fingerprint density at radius 1 is 1.07 bits per heavy atom. The fourth-order valence-corrected chi connectivity index (χ4v) is 5.39. The molecular weight excluding hydrogens is 358 g/mol. The van der Waals surface area contributed by atoms with Crippen LogP contribution >= 0.6 is 0 Å². The summed E-state index contributed by atoms with van der Waals surface area (Å²) in [5, 5.41) is 0. The standard InChI is InChI=1S/C24H32F2O2/c1-3-23(28-24(27)4-2)19-11-9-17(10-12-19)16-5-7-18(8-6-16)20-13-14-21(25)22(26)15-20/h4,13-19,23H,2-3,5-12H2,1H3. The van der Waals surface area contributed by atoms with E-state index in [1.165, 1.54) is 43.9 Å². The molecule has 1 unspecified atom stereocenters. The number of hydrogen-bond donors (Lipinski definition) is 0. The van der Waals surface area contributed by atoms with Crippen molar-refractivity contribution in [3.8, 4) is 0 Å². The third kappa shape index (κ3) is 5.01. The lowest BCUT2D eigenvalue weighted by molar-refractivity contribution is -0.146. The highest BCUT2D eigenvalue weighted by molar-refractivity contribution is 5.81. The van der Waals surface area contributed by atoms with Gasteiger partial charge in [-0.2, -0.15) is 0 Å². The Morgan fingerprint density at radius 3 is 2.21 bits per heavy atom. The number of benzene rings is 1. The molecule has 4 heteroatoms. The zero-order chi connectivity index (χ0) is 20.1. The molecule has 1 aromatic carbocycles. The third-order valence-electron chi connectivity index (χ3n) is 7.03. The van der Waals surface area contributed by atoms with E-state index in [4.69, 9.17) is 4.74 Å². The second kappa shape index (κ2) is 9.67. The monoisotopic (exact) mass is 390 g/mol. The van der Waals surface area contributed by atoms with Gasteiger partial charge in [0.05, 0.1) is 0 Å². The molecule has 3 rings (SSSR count). The first-order valence-electron chi connectivity index (χ1n) is 10.8. The van der Waals surface area contributed by atoms with E-state index < -0.39 is 11.6 Å². The van der Waals surface area contributed by atoms with E-state index in [-0.39, 0.29) is 12.1 Å². The van der Waals surface area contributed by atoms with E-state index in [1.807, 2.05) is 0 Å². The molecule has 1 atom stereocenters. The molecule has 0 bridgehead atoms. The Labute approximate surface area is 167 Å². The lowest BCUT2D eigenvalue weighted by atomic mass is 9.67. The molecule has 28 heavy (non-hydrogen) atoms. The maximum absolute atomic E-state index is 13.5. The van der Waals surface area contributed by atoms with Crippen molar-refractivity contribution >= 4 is 5.97 Å². The number of carbonyl (C=O) groups excluding carboxylic acids is 1. The molecule has 1 aromatic rings. The molecule has 2 nitrogen and oxygen atoms in total. The van der Waals surface area contributed by atoms with E-state index in [2.05, 4.69) is 13.5 Å². The van der Waals surface area contributed by atoms with Gasteiger partial charge in [0, 0.05) is 6.08 Å². The quantitative estimate of drug-likeness (QED) is 0.406. The summed E-state index contributed by atoms with van der Waals surface area (Å²) in [4.78, 5) is 11.5. The molecule has 2 fully saturated rings. The lowest BCUT2D eigenvalue weighted by Crippen LogP contribution is -2.32. The molecule has 0 aliphatic heterocycles. The molecular formula is C24H32F2O2. The van der Waals surface area contributed by atoms with Crippen LogP contribution in [-0.4, -0.2) is 12.1 Å². The van der Waals surface area contributed by atoms with Gasteiger partial charge in [0.2, 0.25) is 0 Å². The molecule has 2 saturated carbocycles. The Balaban J connectivity index is 1.47. The zero-order valence-electron chi connectivity index (χ0n) is 16.8. The van der Waals surface area contributed by atoms with Crippen molar-refractivity contribution in [2.45, 2.75) is 76.7 Å². The Kier molecular flexibility index (Phi) is 7.25. The van der Waals surface area contributed by atoms with Crippen molar-refractivity contribution in [2.75, 3.05) is 0 Å². The van der Waals surface area contributed by atoms with Gasteiger partial charge in [-0.05, 0) is 99.2 Å². The fraction of sp³-hybridized carbons (Fsp3) is 0.625. The van der Waals surface area contributed by atoms with Crippen molar-refractivity contribution in [1.82, 2.24) is 0 Å². The van der Waals surface area contributed by atoms with Crippen LogP contribution in [-0.2, 0) is 9.53 Å². The van der Waals surface area contributed by atoms with Crippen LogP contribution < -0.4 is 0 Å². The third-order valence-corrected chi connectivity index (χ3v) is 7.03. The molecule has 0 N–H and O–H groups in total. The SMILES string of the molecule is C=CC(=O)OC(CC)C1CCC(C2CCC(c3ccc(F)c(F)c3)CC2)CC1. The number of esters is 1. The number of hydrogen-bond acceptors (Lipinski definition) is 2. The maximum atomic E-state index is 13.5. The first kappa shape index (κ1) is 21.0. The van der Waals surface area contributed by atoms with Gasteiger partial charge < -0.3 is 4.74 Å². The molecule has 154 valence electrons.